The molecule has 0 heterocycles. The molecule has 0 spiro atoms. The minimum absolute atomic E-state index is 0.360. The Hall–Kier alpha value is -1.28. The number of carbonyl (C=O) groups is 1. The molecule has 19 heavy (non-hydrogen) atoms. The highest BCUT2D eigenvalue weighted by molar-refractivity contribution is 6.23. The smallest absolute Gasteiger partial charge is 0.330 e. The standard InChI is InChI=1S/C16H21ClO2/c1-6-15(18)19-10-9-13-11(2)7-8-14(12(13)3)16(4,5)17/h6-8H,1,9-10H2,2-5H3. The number of rotatable bonds is 5. The molecule has 1 aromatic rings. The molecule has 1 rings (SSSR count). The van der Waals surface area contributed by atoms with Crippen LogP contribution in [0, 0.1) is 13.8 Å². The van der Waals surface area contributed by atoms with Crippen molar-refractivity contribution in [2.45, 2.75) is 39.0 Å². The van der Waals surface area contributed by atoms with Crippen LogP contribution in [0.15, 0.2) is 24.8 Å². The molecule has 0 bridgehead atoms. The van der Waals surface area contributed by atoms with Gasteiger partial charge >= 0.3 is 5.97 Å². The minimum atomic E-state index is -0.398. The van der Waals surface area contributed by atoms with Crippen LogP contribution >= 0.6 is 11.6 Å². The van der Waals surface area contributed by atoms with E-state index >= 15 is 0 Å². The molecule has 0 amide bonds. The van der Waals surface area contributed by atoms with Gasteiger partial charge in [0, 0.05) is 12.5 Å². The summed E-state index contributed by atoms with van der Waals surface area (Å²) < 4.78 is 5.04. The van der Waals surface area contributed by atoms with Crippen molar-refractivity contribution in [2.24, 2.45) is 0 Å². The van der Waals surface area contributed by atoms with Crippen molar-refractivity contribution in [3.63, 3.8) is 0 Å². The first-order valence-corrected chi connectivity index (χ1v) is 6.73. The molecule has 104 valence electrons. The van der Waals surface area contributed by atoms with Crippen LogP contribution < -0.4 is 0 Å². The number of hydrogen-bond acceptors (Lipinski definition) is 2. The average Bonchev–Trinajstić information content (AvgIpc) is 2.31. The van der Waals surface area contributed by atoms with E-state index in [1.165, 1.54) is 22.8 Å². The number of esters is 1. The number of halogens is 1. The molecule has 0 aliphatic carbocycles. The van der Waals surface area contributed by atoms with Crippen molar-refractivity contribution >= 4 is 17.6 Å². The fourth-order valence-corrected chi connectivity index (χ4v) is 2.44. The van der Waals surface area contributed by atoms with Crippen molar-refractivity contribution in [2.75, 3.05) is 6.61 Å². The third-order valence-electron chi connectivity index (χ3n) is 3.24. The van der Waals surface area contributed by atoms with Crippen LogP contribution in [-0.4, -0.2) is 12.6 Å². The highest BCUT2D eigenvalue weighted by Gasteiger charge is 2.21. The molecular weight excluding hydrogens is 260 g/mol. The van der Waals surface area contributed by atoms with Gasteiger partial charge in [0.15, 0.2) is 0 Å². The van der Waals surface area contributed by atoms with E-state index in [1.54, 1.807) is 0 Å². The maximum atomic E-state index is 11.0. The molecular formula is C16H21ClO2. The van der Waals surface area contributed by atoms with Crippen molar-refractivity contribution < 1.29 is 9.53 Å². The monoisotopic (exact) mass is 280 g/mol. The van der Waals surface area contributed by atoms with Gasteiger partial charge < -0.3 is 4.74 Å². The summed E-state index contributed by atoms with van der Waals surface area (Å²) in [7, 11) is 0. The lowest BCUT2D eigenvalue weighted by Gasteiger charge is -2.22. The second kappa shape index (κ2) is 6.25. The van der Waals surface area contributed by atoms with E-state index in [-0.39, 0.29) is 5.97 Å². The van der Waals surface area contributed by atoms with Crippen LogP contribution in [0.5, 0.6) is 0 Å². The van der Waals surface area contributed by atoms with Gasteiger partial charge in [0.25, 0.3) is 0 Å². The van der Waals surface area contributed by atoms with E-state index in [0.717, 1.165) is 5.56 Å². The number of hydrogen-bond donors (Lipinski definition) is 0. The fraction of sp³-hybridized carbons (Fsp3) is 0.438. The maximum absolute atomic E-state index is 11.0. The first-order chi connectivity index (χ1) is 8.77. The average molecular weight is 281 g/mol. The van der Waals surface area contributed by atoms with Gasteiger partial charge in [-0.1, -0.05) is 18.7 Å². The summed E-state index contributed by atoms with van der Waals surface area (Å²) in [6.45, 7) is 11.8. The Morgan fingerprint density at radius 3 is 2.58 bits per heavy atom. The Balaban J connectivity index is 2.94. The summed E-state index contributed by atoms with van der Waals surface area (Å²) in [4.78, 5) is 10.6. The molecule has 0 unspecified atom stereocenters. The topological polar surface area (TPSA) is 26.3 Å². The Bertz CT molecular complexity index is 484. The molecule has 0 radical (unpaired) electrons. The second-order valence-corrected chi connectivity index (χ2v) is 6.07. The molecule has 0 fully saturated rings. The molecule has 0 N–H and O–H groups in total. The number of carbonyl (C=O) groups excluding carboxylic acids is 1. The van der Waals surface area contributed by atoms with E-state index in [4.69, 9.17) is 16.3 Å². The Morgan fingerprint density at radius 2 is 2.05 bits per heavy atom. The third-order valence-corrected chi connectivity index (χ3v) is 3.44. The van der Waals surface area contributed by atoms with Gasteiger partial charge in [-0.15, -0.1) is 11.6 Å². The first-order valence-electron chi connectivity index (χ1n) is 6.35. The summed E-state index contributed by atoms with van der Waals surface area (Å²) in [5.74, 6) is -0.385. The summed E-state index contributed by atoms with van der Waals surface area (Å²) in [5.41, 5.74) is 4.68. The Kier molecular flexibility index (Phi) is 5.19. The van der Waals surface area contributed by atoms with Gasteiger partial charge in [-0.3, -0.25) is 0 Å². The quantitative estimate of drug-likeness (QED) is 0.462. The van der Waals surface area contributed by atoms with Crippen LogP contribution in [0.2, 0.25) is 0 Å². The maximum Gasteiger partial charge on any atom is 0.330 e. The van der Waals surface area contributed by atoms with Crippen LogP contribution in [0.25, 0.3) is 0 Å². The zero-order chi connectivity index (χ0) is 14.6. The summed E-state index contributed by atoms with van der Waals surface area (Å²) in [6, 6.07) is 4.13. The lowest BCUT2D eigenvalue weighted by atomic mass is 9.90. The molecule has 0 aliphatic heterocycles. The predicted molar refractivity (Wildman–Crippen MR) is 79.7 cm³/mol. The lowest BCUT2D eigenvalue weighted by Crippen LogP contribution is -2.13. The van der Waals surface area contributed by atoms with Gasteiger partial charge in [-0.05, 0) is 49.9 Å². The molecule has 1 aromatic carbocycles. The molecule has 0 saturated carbocycles. The first kappa shape index (κ1) is 15.8. The van der Waals surface area contributed by atoms with Crippen molar-refractivity contribution in [1.82, 2.24) is 0 Å². The molecule has 3 heteroatoms. The van der Waals surface area contributed by atoms with Gasteiger partial charge in [-0.25, -0.2) is 4.79 Å². The SMILES string of the molecule is C=CC(=O)OCCc1c(C)ccc(C(C)(C)Cl)c1C. The van der Waals surface area contributed by atoms with Gasteiger partial charge in [0.05, 0.1) is 11.5 Å². The van der Waals surface area contributed by atoms with Crippen LogP contribution in [0.1, 0.15) is 36.1 Å². The van der Waals surface area contributed by atoms with E-state index < -0.39 is 4.87 Å². The number of alkyl halides is 1. The predicted octanol–water partition coefficient (Wildman–Crippen LogP) is 4.05. The summed E-state index contributed by atoms with van der Waals surface area (Å²) >= 11 is 6.40. The van der Waals surface area contributed by atoms with Crippen LogP contribution in [0.3, 0.4) is 0 Å². The Labute approximate surface area is 120 Å². The van der Waals surface area contributed by atoms with E-state index in [2.05, 4.69) is 32.6 Å². The van der Waals surface area contributed by atoms with Crippen LogP contribution in [-0.2, 0) is 20.8 Å². The second-order valence-electron chi connectivity index (χ2n) is 5.13. The van der Waals surface area contributed by atoms with Crippen LogP contribution in [0.4, 0.5) is 0 Å². The normalized spacial score (nSPS) is 11.2. The van der Waals surface area contributed by atoms with E-state index in [1.807, 2.05) is 13.8 Å². The van der Waals surface area contributed by atoms with Crippen molar-refractivity contribution in [3.05, 3.63) is 47.0 Å². The molecule has 0 atom stereocenters. The highest BCUT2D eigenvalue weighted by Crippen LogP contribution is 2.32. The Morgan fingerprint density at radius 1 is 1.42 bits per heavy atom. The summed E-state index contributed by atoms with van der Waals surface area (Å²) in [6.07, 6.45) is 1.87. The van der Waals surface area contributed by atoms with Crippen molar-refractivity contribution in [3.8, 4) is 0 Å². The lowest BCUT2D eigenvalue weighted by molar-refractivity contribution is -0.137. The highest BCUT2D eigenvalue weighted by atomic mass is 35.5. The molecule has 0 aliphatic rings. The number of benzene rings is 1. The van der Waals surface area contributed by atoms with Gasteiger partial charge in [0.2, 0.25) is 0 Å². The third kappa shape index (κ3) is 4.10. The zero-order valence-electron chi connectivity index (χ0n) is 12.0. The number of ether oxygens (including phenoxy) is 1. The summed E-state index contributed by atoms with van der Waals surface area (Å²) in [5, 5.41) is 0. The minimum Gasteiger partial charge on any atom is -0.462 e. The molecule has 0 saturated heterocycles. The van der Waals surface area contributed by atoms with E-state index in [0.29, 0.717) is 13.0 Å². The van der Waals surface area contributed by atoms with Crippen molar-refractivity contribution in [1.29, 1.82) is 0 Å². The largest absolute Gasteiger partial charge is 0.462 e. The molecule has 2 nitrogen and oxygen atoms in total. The van der Waals surface area contributed by atoms with Gasteiger partial charge in [-0.2, -0.15) is 0 Å². The fourth-order valence-electron chi connectivity index (χ4n) is 2.23. The van der Waals surface area contributed by atoms with E-state index in [9.17, 15) is 4.79 Å². The van der Waals surface area contributed by atoms with Gasteiger partial charge in [0.1, 0.15) is 0 Å². The molecule has 0 aromatic heterocycles. The zero-order valence-corrected chi connectivity index (χ0v) is 12.8. The number of aryl methyl sites for hydroxylation is 1.